The molecule has 58 valence electrons. The van der Waals surface area contributed by atoms with E-state index in [9.17, 15) is 4.79 Å². The van der Waals surface area contributed by atoms with Gasteiger partial charge in [-0.2, -0.15) is 0 Å². The van der Waals surface area contributed by atoms with Crippen LogP contribution in [0.1, 0.15) is 13.3 Å². The first kappa shape index (κ1) is 6.65. The number of fused-ring (bicyclic) bond motifs is 1. The highest BCUT2D eigenvalue weighted by atomic mass is 16.5. The van der Waals surface area contributed by atoms with Crippen molar-refractivity contribution in [2.45, 2.75) is 13.3 Å². The van der Waals surface area contributed by atoms with Crippen molar-refractivity contribution in [3.8, 4) is 0 Å². The van der Waals surface area contributed by atoms with Crippen LogP contribution in [0.3, 0.4) is 0 Å². The van der Waals surface area contributed by atoms with Crippen molar-refractivity contribution >= 4 is 5.97 Å². The van der Waals surface area contributed by atoms with Gasteiger partial charge in [0.15, 0.2) is 0 Å². The Bertz CT molecular complexity index is 250. The zero-order chi connectivity index (χ0) is 7.84. The van der Waals surface area contributed by atoms with E-state index in [1.54, 1.807) is 0 Å². The Morgan fingerprint density at radius 3 is 3.27 bits per heavy atom. The van der Waals surface area contributed by atoms with Gasteiger partial charge in [-0.05, 0) is 18.4 Å². The molecule has 0 aromatic carbocycles. The number of rotatable bonds is 1. The van der Waals surface area contributed by atoms with Gasteiger partial charge in [0, 0.05) is 12.8 Å². The van der Waals surface area contributed by atoms with E-state index >= 15 is 0 Å². The third-order valence-corrected chi connectivity index (χ3v) is 2.09. The van der Waals surface area contributed by atoms with Crippen molar-refractivity contribution < 1.29 is 9.53 Å². The van der Waals surface area contributed by atoms with Crippen LogP contribution in [0.2, 0.25) is 0 Å². The lowest BCUT2D eigenvalue weighted by atomic mass is 10.2. The average molecular weight is 150 g/mol. The molecule has 0 aromatic heterocycles. The summed E-state index contributed by atoms with van der Waals surface area (Å²) in [4.78, 5) is 10.6. The van der Waals surface area contributed by atoms with Crippen molar-refractivity contribution in [2.75, 3.05) is 0 Å². The van der Waals surface area contributed by atoms with E-state index in [-0.39, 0.29) is 5.97 Å². The number of hydrogen-bond donors (Lipinski definition) is 0. The molecule has 0 amide bonds. The Morgan fingerprint density at radius 1 is 1.73 bits per heavy atom. The van der Waals surface area contributed by atoms with Crippen molar-refractivity contribution in [3.05, 3.63) is 24.0 Å². The van der Waals surface area contributed by atoms with E-state index in [2.05, 4.69) is 6.08 Å². The van der Waals surface area contributed by atoms with Gasteiger partial charge >= 0.3 is 5.97 Å². The maximum Gasteiger partial charge on any atom is 0.307 e. The van der Waals surface area contributed by atoms with Crippen LogP contribution in [0.4, 0.5) is 0 Å². The molecule has 2 rings (SSSR count). The molecule has 11 heavy (non-hydrogen) atoms. The Kier molecular flexibility index (Phi) is 1.34. The van der Waals surface area contributed by atoms with Gasteiger partial charge in [0.2, 0.25) is 0 Å². The Labute approximate surface area is 65.5 Å². The second-order valence-corrected chi connectivity index (χ2v) is 3.05. The molecule has 0 radical (unpaired) electrons. The van der Waals surface area contributed by atoms with Crippen LogP contribution in [-0.4, -0.2) is 5.97 Å². The molecule has 2 aliphatic rings. The second-order valence-electron chi connectivity index (χ2n) is 3.05. The summed E-state index contributed by atoms with van der Waals surface area (Å²) in [5, 5.41) is 0. The zero-order valence-corrected chi connectivity index (χ0v) is 6.41. The van der Waals surface area contributed by atoms with Crippen molar-refractivity contribution in [1.82, 2.24) is 0 Å². The first-order chi connectivity index (χ1) is 5.27. The Morgan fingerprint density at radius 2 is 2.55 bits per heavy atom. The third-order valence-electron chi connectivity index (χ3n) is 2.09. The lowest BCUT2D eigenvalue weighted by molar-refractivity contribution is -0.137. The smallest absolute Gasteiger partial charge is 0.307 e. The topological polar surface area (TPSA) is 26.3 Å². The number of ether oxygens (including phenoxy) is 1. The molecular formula is C9H10O2. The van der Waals surface area contributed by atoms with E-state index in [1.807, 2.05) is 12.2 Å². The summed E-state index contributed by atoms with van der Waals surface area (Å²) >= 11 is 0. The van der Waals surface area contributed by atoms with Crippen molar-refractivity contribution in [3.63, 3.8) is 0 Å². The van der Waals surface area contributed by atoms with Gasteiger partial charge in [-0.25, -0.2) is 0 Å². The predicted molar refractivity (Wildman–Crippen MR) is 40.6 cm³/mol. The quantitative estimate of drug-likeness (QED) is 0.531. The lowest BCUT2D eigenvalue weighted by Crippen LogP contribution is -2.02. The van der Waals surface area contributed by atoms with Crippen molar-refractivity contribution in [2.24, 2.45) is 11.8 Å². The van der Waals surface area contributed by atoms with Gasteiger partial charge < -0.3 is 4.74 Å². The van der Waals surface area contributed by atoms with Crippen LogP contribution in [0.15, 0.2) is 24.0 Å². The molecule has 2 heteroatoms. The van der Waals surface area contributed by atoms with Crippen LogP contribution in [0.25, 0.3) is 0 Å². The molecule has 0 saturated heterocycles. The molecule has 0 spiro atoms. The van der Waals surface area contributed by atoms with E-state index in [0.717, 1.165) is 12.2 Å². The van der Waals surface area contributed by atoms with Crippen molar-refractivity contribution in [1.29, 1.82) is 0 Å². The number of hydrogen-bond acceptors (Lipinski definition) is 2. The number of esters is 1. The standard InChI is InChI=1S/C9H10O2/c1-6(10)11-9-4-2-3-7-5-8(7)9/h2-4,7-8H,5H2,1H3. The van der Waals surface area contributed by atoms with E-state index in [0.29, 0.717) is 11.8 Å². The molecule has 0 aliphatic heterocycles. The fourth-order valence-electron chi connectivity index (χ4n) is 1.45. The van der Waals surface area contributed by atoms with Gasteiger partial charge in [-0.15, -0.1) is 0 Å². The summed E-state index contributed by atoms with van der Waals surface area (Å²) < 4.78 is 5.02. The SMILES string of the molecule is CC(=O)OC1=CC=CC2CC12. The minimum absolute atomic E-state index is 0.211. The normalized spacial score (nSPS) is 32.3. The molecule has 2 aliphatic carbocycles. The summed E-state index contributed by atoms with van der Waals surface area (Å²) in [5.41, 5.74) is 0. The summed E-state index contributed by atoms with van der Waals surface area (Å²) in [7, 11) is 0. The minimum atomic E-state index is -0.211. The third kappa shape index (κ3) is 1.20. The summed E-state index contributed by atoms with van der Waals surface area (Å²) in [6.07, 6.45) is 7.16. The van der Waals surface area contributed by atoms with Crippen LogP contribution in [0, 0.1) is 11.8 Å². The first-order valence-corrected chi connectivity index (χ1v) is 3.84. The first-order valence-electron chi connectivity index (χ1n) is 3.84. The molecular weight excluding hydrogens is 140 g/mol. The van der Waals surface area contributed by atoms with Gasteiger partial charge in [0.1, 0.15) is 5.76 Å². The van der Waals surface area contributed by atoms with Gasteiger partial charge in [0.05, 0.1) is 0 Å². The lowest BCUT2D eigenvalue weighted by Gasteiger charge is -2.06. The predicted octanol–water partition coefficient (Wildman–Crippen LogP) is 1.64. The molecule has 2 nitrogen and oxygen atoms in total. The van der Waals surface area contributed by atoms with E-state index in [4.69, 9.17) is 4.74 Å². The highest BCUT2D eigenvalue weighted by Crippen LogP contribution is 2.47. The average Bonchev–Trinajstić information content (AvgIpc) is 2.65. The zero-order valence-electron chi connectivity index (χ0n) is 6.41. The summed E-state index contributed by atoms with van der Waals surface area (Å²) in [5.74, 6) is 1.79. The fourth-order valence-corrected chi connectivity index (χ4v) is 1.45. The highest BCUT2D eigenvalue weighted by Gasteiger charge is 2.41. The summed E-state index contributed by atoms with van der Waals surface area (Å²) in [6.45, 7) is 1.44. The largest absolute Gasteiger partial charge is 0.431 e. The van der Waals surface area contributed by atoms with Crippen LogP contribution < -0.4 is 0 Å². The number of allylic oxidation sites excluding steroid dienone is 4. The monoisotopic (exact) mass is 150 g/mol. The van der Waals surface area contributed by atoms with Crippen LogP contribution >= 0.6 is 0 Å². The molecule has 1 fully saturated rings. The molecule has 0 bridgehead atoms. The molecule has 0 N–H and O–H groups in total. The molecule has 0 heterocycles. The molecule has 1 saturated carbocycles. The van der Waals surface area contributed by atoms with Gasteiger partial charge in [-0.1, -0.05) is 12.2 Å². The Balaban J connectivity index is 2.07. The summed E-state index contributed by atoms with van der Waals surface area (Å²) in [6, 6.07) is 0. The molecule has 2 unspecified atom stereocenters. The van der Waals surface area contributed by atoms with E-state index < -0.39 is 0 Å². The molecule has 2 atom stereocenters. The highest BCUT2D eigenvalue weighted by molar-refractivity contribution is 5.67. The number of carbonyl (C=O) groups is 1. The second kappa shape index (κ2) is 2.22. The van der Waals surface area contributed by atoms with Gasteiger partial charge in [0.25, 0.3) is 0 Å². The fraction of sp³-hybridized carbons (Fsp3) is 0.444. The minimum Gasteiger partial charge on any atom is -0.431 e. The maximum atomic E-state index is 10.6. The Hall–Kier alpha value is -1.05. The van der Waals surface area contributed by atoms with E-state index in [1.165, 1.54) is 6.92 Å². The maximum absolute atomic E-state index is 10.6. The van der Waals surface area contributed by atoms with Crippen LogP contribution in [-0.2, 0) is 9.53 Å². The van der Waals surface area contributed by atoms with Gasteiger partial charge in [-0.3, -0.25) is 4.79 Å². The van der Waals surface area contributed by atoms with Crippen LogP contribution in [0.5, 0.6) is 0 Å². The molecule has 0 aromatic rings. The number of carbonyl (C=O) groups excluding carboxylic acids is 1.